The van der Waals surface area contributed by atoms with Gasteiger partial charge in [-0.3, -0.25) is 0 Å². The van der Waals surface area contributed by atoms with E-state index in [4.69, 9.17) is 4.74 Å². The van der Waals surface area contributed by atoms with Crippen LogP contribution in [0.4, 0.5) is 4.39 Å². The molecule has 1 N–H and O–H groups in total. The Bertz CT molecular complexity index is 470. The van der Waals surface area contributed by atoms with E-state index in [2.05, 4.69) is 5.32 Å². The molecule has 0 amide bonds. The molecule has 21 heavy (non-hydrogen) atoms. The van der Waals surface area contributed by atoms with E-state index in [-0.39, 0.29) is 17.5 Å². The topological polar surface area (TPSA) is 21.3 Å². The van der Waals surface area contributed by atoms with E-state index in [1.54, 1.807) is 12.1 Å². The van der Waals surface area contributed by atoms with E-state index in [1.807, 2.05) is 24.9 Å². The van der Waals surface area contributed by atoms with Gasteiger partial charge in [0.2, 0.25) is 0 Å². The molecule has 4 heteroatoms. The zero-order chi connectivity index (χ0) is 14.7. The average Bonchev–Trinajstić information content (AvgIpc) is 2.49. The van der Waals surface area contributed by atoms with Gasteiger partial charge in [0.15, 0.2) is 0 Å². The second-order valence-corrected chi connectivity index (χ2v) is 7.44. The minimum Gasteiger partial charge on any atom is -0.375 e. The zero-order valence-electron chi connectivity index (χ0n) is 12.6. The molecule has 1 aromatic carbocycles. The normalized spacial score (nSPS) is 26.7. The van der Waals surface area contributed by atoms with E-state index in [1.165, 1.54) is 17.6 Å². The van der Waals surface area contributed by atoms with Gasteiger partial charge in [0, 0.05) is 12.6 Å². The largest absolute Gasteiger partial charge is 0.375 e. The monoisotopic (exact) mass is 309 g/mol. The predicted molar refractivity (Wildman–Crippen MR) is 86.2 cm³/mol. The van der Waals surface area contributed by atoms with Crippen LogP contribution in [0.15, 0.2) is 24.3 Å². The first-order chi connectivity index (χ1) is 10.2. The van der Waals surface area contributed by atoms with Crippen LogP contribution in [0.3, 0.4) is 0 Å². The molecular weight excluding hydrogens is 285 g/mol. The van der Waals surface area contributed by atoms with Crippen molar-refractivity contribution in [2.45, 2.75) is 37.3 Å². The third kappa shape index (κ3) is 3.43. The lowest BCUT2D eigenvalue weighted by Gasteiger charge is -2.45. The Morgan fingerprint density at radius 2 is 2.19 bits per heavy atom. The number of thioether (sulfide) groups is 1. The molecule has 2 nitrogen and oxygen atoms in total. The second-order valence-electron chi connectivity index (χ2n) is 6.22. The number of hydrogen-bond donors (Lipinski definition) is 1. The fourth-order valence-electron chi connectivity index (χ4n) is 3.82. The number of rotatable bonds is 3. The van der Waals surface area contributed by atoms with Gasteiger partial charge < -0.3 is 10.1 Å². The first-order valence-electron chi connectivity index (χ1n) is 7.87. The van der Waals surface area contributed by atoms with Gasteiger partial charge in [0.1, 0.15) is 5.82 Å². The summed E-state index contributed by atoms with van der Waals surface area (Å²) in [6, 6.07) is 7.24. The summed E-state index contributed by atoms with van der Waals surface area (Å²) in [6.45, 7) is 0.836. The molecule has 0 aliphatic carbocycles. The minimum absolute atomic E-state index is 0.0800. The van der Waals surface area contributed by atoms with Crippen LogP contribution < -0.4 is 5.32 Å². The molecule has 0 bridgehead atoms. The molecule has 2 aliphatic heterocycles. The standard InChI is InChI=1S/C17H24FNOS/c1-19-16(13-3-2-4-15(18)11-13)14-5-8-20-17(12-14)6-9-21-10-7-17/h2-4,11,14,16,19H,5-10,12H2,1H3. The smallest absolute Gasteiger partial charge is 0.123 e. The molecule has 1 spiro atoms. The highest BCUT2D eigenvalue weighted by Crippen LogP contribution is 2.43. The number of hydrogen-bond acceptors (Lipinski definition) is 3. The SMILES string of the molecule is CNC(c1cccc(F)c1)C1CCOC2(CCSCC2)C1. The molecule has 2 aliphatic rings. The Kier molecular flexibility index (Phi) is 4.87. The van der Waals surface area contributed by atoms with Gasteiger partial charge in [0.25, 0.3) is 0 Å². The van der Waals surface area contributed by atoms with Crippen molar-refractivity contribution in [1.82, 2.24) is 5.32 Å². The minimum atomic E-state index is -0.149. The van der Waals surface area contributed by atoms with Crippen LogP contribution in [0.5, 0.6) is 0 Å². The van der Waals surface area contributed by atoms with Crippen molar-refractivity contribution in [3.8, 4) is 0 Å². The summed E-state index contributed by atoms with van der Waals surface area (Å²) in [6.07, 6.45) is 4.47. The maximum atomic E-state index is 13.5. The van der Waals surface area contributed by atoms with Crippen molar-refractivity contribution in [1.29, 1.82) is 0 Å². The lowest BCUT2D eigenvalue weighted by atomic mass is 9.77. The molecule has 2 atom stereocenters. The molecule has 1 aromatic rings. The third-order valence-corrected chi connectivity index (χ3v) is 5.91. The number of benzene rings is 1. The van der Waals surface area contributed by atoms with Crippen LogP contribution in [0.2, 0.25) is 0 Å². The van der Waals surface area contributed by atoms with Crippen molar-refractivity contribution in [2.75, 3.05) is 25.2 Å². The van der Waals surface area contributed by atoms with E-state index in [9.17, 15) is 4.39 Å². The first kappa shape index (κ1) is 15.3. The van der Waals surface area contributed by atoms with Crippen LogP contribution in [0.1, 0.15) is 37.3 Å². The quantitative estimate of drug-likeness (QED) is 0.918. The van der Waals surface area contributed by atoms with Gasteiger partial charge in [-0.25, -0.2) is 4.39 Å². The Morgan fingerprint density at radius 3 is 2.90 bits per heavy atom. The lowest BCUT2D eigenvalue weighted by molar-refractivity contribution is -0.107. The van der Waals surface area contributed by atoms with Gasteiger partial charge >= 0.3 is 0 Å². The average molecular weight is 309 g/mol. The number of halogens is 1. The molecule has 0 radical (unpaired) electrons. The highest BCUT2D eigenvalue weighted by molar-refractivity contribution is 7.99. The summed E-state index contributed by atoms with van der Waals surface area (Å²) in [5.74, 6) is 2.78. The fraction of sp³-hybridized carbons (Fsp3) is 0.647. The Hall–Kier alpha value is -0.580. The van der Waals surface area contributed by atoms with Crippen molar-refractivity contribution < 1.29 is 9.13 Å². The molecule has 2 heterocycles. The molecule has 0 saturated carbocycles. The molecular formula is C17H24FNOS. The van der Waals surface area contributed by atoms with E-state index in [0.717, 1.165) is 37.9 Å². The van der Waals surface area contributed by atoms with Crippen molar-refractivity contribution >= 4 is 11.8 Å². The fourth-order valence-corrected chi connectivity index (χ4v) is 5.05. The van der Waals surface area contributed by atoms with Crippen LogP contribution in [-0.2, 0) is 4.74 Å². The third-order valence-electron chi connectivity index (χ3n) is 4.93. The summed E-state index contributed by atoms with van der Waals surface area (Å²) >= 11 is 2.03. The van der Waals surface area contributed by atoms with Crippen molar-refractivity contribution in [2.24, 2.45) is 5.92 Å². The Balaban J connectivity index is 1.77. The second kappa shape index (κ2) is 6.67. The van der Waals surface area contributed by atoms with E-state index < -0.39 is 0 Å². The molecule has 2 unspecified atom stereocenters. The van der Waals surface area contributed by atoms with Crippen LogP contribution in [0.25, 0.3) is 0 Å². The molecule has 116 valence electrons. The number of ether oxygens (including phenoxy) is 1. The summed E-state index contributed by atoms with van der Waals surface area (Å²) in [5.41, 5.74) is 1.14. The summed E-state index contributed by atoms with van der Waals surface area (Å²) < 4.78 is 19.7. The van der Waals surface area contributed by atoms with Crippen LogP contribution in [0, 0.1) is 11.7 Å². The number of nitrogens with one attached hydrogen (secondary N) is 1. The van der Waals surface area contributed by atoms with Gasteiger partial charge in [0.05, 0.1) is 5.60 Å². The highest BCUT2D eigenvalue weighted by Gasteiger charge is 2.41. The maximum Gasteiger partial charge on any atom is 0.123 e. The summed E-state index contributed by atoms with van der Waals surface area (Å²) in [4.78, 5) is 0. The Morgan fingerprint density at radius 1 is 1.38 bits per heavy atom. The lowest BCUT2D eigenvalue weighted by Crippen LogP contribution is -2.45. The zero-order valence-corrected chi connectivity index (χ0v) is 13.4. The summed E-state index contributed by atoms with van der Waals surface area (Å²) in [5, 5.41) is 3.41. The molecule has 3 rings (SSSR count). The first-order valence-corrected chi connectivity index (χ1v) is 9.02. The Labute approximate surface area is 130 Å². The van der Waals surface area contributed by atoms with Crippen LogP contribution in [-0.4, -0.2) is 30.8 Å². The highest BCUT2D eigenvalue weighted by atomic mass is 32.2. The van der Waals surface area contributed by atoms with Crippen molar-refractivity contribution in [3.63, 3.8) is 0 Å². The van der Waals surface area contributed by atoms with E-state index in [0.29, 0.717) is 5.92 Å². The predicted octanol–water partition coefficient (Wildman–Crippen LogP) is 3.78. The van der Waals surface area contributed by atoms with Gasteiger partial charge in [-0.05, 0) is 67.9 Å². The van der Waals surface area contributed by atoms with Gasteiger partial charge in [-0.1, -0.05) is 12.1 Å². The molecule has 2 fully saturated rings. The molecule has 2 saturated heterocycles. The van der Waals surface area contributed by atoms with Gasteiger partial charge in [-0.2, -0.15) is 11.8 Å². The van der Waals surface area contributed by atoms with Crippen LogP contribution >= 0.6 is 11.8 Å². The van der Waals surface area contributed by atoms with E-state index >= 15 is 0 Å². The van der Waals surface area contributed by atoms with Gasteiger partial charge in [-0.15, -0.1) is 0 Å². The molecule has 0 aromatic heterocycles. The van der Waals surface area contributed by atoms with Crippen molar-refractivity contribution in [3.05, 3.63) is 35.6 Å². The maximum absolute atomic E-state index is 13.5. The summed E-state index contributed by atoms with van der Waals surface area (Å²) in [7, 11) is 1.98.